The minimum Gasteiger partial charge on any atom is -0.366 e. The molecule has 0 aliphatic heterocycles. The number of nitrogens with one attached hydrogen (secondary N) is 1. The van der Waals surface area contributed by atoms with Crippen LogP contribution in [0.15, 0.2) is 42.5 Å². The average Bonchev–Trinajstić information content (AvgIpc) is 2.88. The SMILES string of the molecule is O=[N+]([O-])c1cc(Cl)cc(NCn2nnc3ccccc32)c1. The fourth-order valence-corrected chi connectivity index (χ4v) is 2.21. The molecule has 0 spiro atoms. The summed E-state index contributed by atoms with van der Waals surface area (Å²) in [6.45, 7) is 0.331. The molecule has 7 nitrogen and oxygen atoms in total. The van der Waals surface area contributed by atoms with Crippen molar-refractivity contribution in [1.29, 1.82) is 0 Å². The molecule has 2 aromatic carbocycles. The van der Waals surface area contributed by atoms with Crippen LogP contribution in [0.3, 0.4) is 0 Å². The van der Waals surface area contributed by atoms with Gasteiger partial charge in [0.25, 0.3) is 5.69 Å². The first-order chi connectivity index (χ1) is 10.1. The summed E-state index contributed by atoms with van der Waals surface area (Å²) in [4.78, 5) is 10.3. The van der Waals surface area contributed by atoms with Gasteiger partial charge in [-0.2, -0.15) is 0 Å². The van der Waals surface area contributed by atoms with E-state index in [0.717, 1.165) is 11.0 Å². The highest BCUT2D eigenvalue weighted by molar-refractivity contribution is 6.31. The predicted molar refractivity (Wildman–Crippen MR) is 79.3 cm³/mol. The van der Waals surface area contributed by atoms with Crippen LogP contribution in [0.1, 0.15) is 0 Å². The van der Waals surface area contributed by atoms with Crippen LogP contribution in [0.2, 0.25) is 5.02 Å². The van der Waals surface area contributed by atoms with Crippen molar-refractivity contribution in [3.8, 4) is 0 Å². The first-order valence-corrected chi connectivity index (χ1v) is 6.48. The van der Waals surface area contributed by atoms with E-state index in [-0.39, 0.29) is 5.69 Å². The third-order valence-electron chi connectivity index (χ3n) is 2.95. The molecule has 0 saturated heterocycles. The Morgan fingerprint density at radius 3 is 2.90 bits per heavy atom. The van der Waals surface area contributed by atoms with Gasteiger partial charge in [-0.05, 0) is 18.2 Å². The normalized spacial score (nSPS) is 10.7. The van der Waals surface area contributed by atoms with Crippen LogP contribution in [-0.2, 0) is 6.67 Å². The molecule has 3 rings (SSSR count). The van der Waals surface area contributed by atoms with Crippen molar-refractivity contribution >= 4 is 34.0 Å². The number of fused-ring (bicyclic) bond motifs is 1. The third-order valence-corrected chi connectivity index (χ3v) is 3.16. The molecule has 3 aromatic rings. The second-order valence-corrected chi connectivity index (χ2v) is 4.80. The summed E-state index contributed by atoms with van der Waals surface area (Å²) < 4.78 is 1.67. The molecular formula is C13H10ClN5O2. The van der Waals surface area contributed by atoms with E-state index in [0.29, 0.717) is 17.4 Å². The number of hydrogen-bond acceptors (Lipinski definition) is 5. The monoisotopic (exact) mass is 303 g/mol. The molecule has 0 fully saturated rings. The topological polar surface area (TPSA) is 85.9 Å². The average molecular weight is 304 g/mol. The van der Waals surface area contributed by atoms with E-state index < -0.39 is 4.92 Å². The highest BCUT2D eigenvalue weighted by Gasteiger charge is 2.09. The van der Waals surface area contributed by atoms with Crippen LogP contribution in [0.4, 0.5) is 11.4 Å². The number of halogens is 1. The van der Waals surface area contributed by atoms with Gasteiger partial charge in [-0.25, -0.2) is 4.68 Å². The van der Waals surface area contributed by atoms with Gasteiger partial charge in [0.05, 0.1) is 10.4 Å². The summed E-state index contributed by atoms with van der Waals surface area (Å²) in [6.07, 6.45) is 0. The van der Waals surface area contributed by atoms with E-state index >= 15 is 0 Å². The molecule has 0 aliphatic rings. The highest BCUT2D eigenvalue weighted by Crippen LogP contribution is 2.24. The van der Waals surface area contributed by atoms with Crippen molar-refractivity contribution in [2.45, 2.75) is 6.67 Å². The van der Waals surface area contributed by atoms with E-state index in [9.17, 15) is 10.1 Å². The number of nitro groups is 1. The molecule has 1 N–H and O–H groups in total. The number of rotatable bonds is 4. The summed E-state index contributed by atoms with van der Waals surface area (Å²) in [6, 6.07) is 11.9. The Morgan fingerprint density at radius 1 is 1.29 bits per heavy atom. The van der Waals surface area contributed by atoms with E-state index in [1.165, 1.54) is 12.1 Å². The smallest absolute Gasteiger partial charge is 0.272 e. The number of benzene rings is 2. The van der Waals surface area contributed by atoms with Crippen molar-refractivity contribution in [2.24, 2.45) is 0 Å². The van der Waals surface area contributed by atoms with Gasteiger partial charge < -0.3 is 5.32 Å². The summed E-state index contributed by atoms with van der Waals surface area (Å²) in [5.74, 6) is 0. The molecule has 0 unspecified atom stereocenters. The fraction of sp³-hybridized carbons (Fsp3) is 0.0769. The Kier molecular flexibility index (Phi) is 3.41. The molecular weight excluding hydrogens is 294 g/mol. The standard InChI is InChI=1S/C13H10ClN5O2/c14-9-5-10(7-11(6-9)19(20)21)15-8-18-13-4-2-1-3-12(13)16-17-18/h1-7,15H,8H2. The molecule has 0 atom stereocenters. The van der Waals surface area contributed by atoms with Crippen LogP contribution in [0.25, 0.3) is 11.0 Å². The van der Waals surface area contributed by atoms with Gasteiger partial charge in [-0.1, -0.05) is 28.9 Å². The Morgan fingerprint density at radius 2 is 2.10 bits per heavy atom. The number of non-ortho nitro benzene ring substituents is 1. The van der Waals surface area contributed by atoms with Crippen LogP contribution < -0.4 is 5.32 Å². The van der Waals surface area contributed by atoms with Gasteiger partial charge in [0.2, 0.25) is 0 Å². The van der Waals surface area contributed by atoms with Gasteiger partial charge in [-0.15, -0.1) is 5.10 Å². The van der Waals surface area contributed by atoms with E-state index in [1.807, 2.05) is 24.3 Å². The van der Waals surface area contributed by atoms with Crippen LogP contribution in [-0.4, -0.2) is 19.9 Å². The number of para-hydroxylation sites is 1. The molecule has 0 amide bonds. The van der Waals surface area contributed by atoms with Gasteiger partial charge in [0.15, 0.2) is 0 Å². The molecule has 0 bridgehead atoms. The third kappa shape index (κ3) is 2.77. The molecule has 8 heteroatoms. The Bertz CT molecular complexity index is 817. The summed E-state index contributed by atoms with van der Waals surface area (Å²) in [5.41, 5.74) is 2.15. The molecule has 0 saturated carbocycles. The van der Waals surface area contributed by atoms with E-state index in [4.69, 9.17) is 11.6 Å². The summed E-state index contributed by atoms with van der Waals surface area (Å²) in [7, 11) is 0. The molecule has 1 aromatic heterocycles. The van der Waals surface area contributed by atoms with Crippen LogP contribution in [0.5, 0.6) is 0 Å². The number of nitrogens with zero attached hydrogens (tertiary/aromatic N) is 4. The number of aromatic nitrogens is 3. The maximum absolute atomic E-state index is 10.8. The maximum atomic E-state index is 10.8. The molecule has 0 radical (unpaired) electrons. The van der Waals surface area contributed by atoms with E-state index in [2.05, 4.69) is 15.6 Å². The van der Waals surface area contributed by atoms with Crippen LogP contribution in [0, 0.1) is 10.1 Å². The van der Waals surface area contributed by atoms with Gasteiger partial charge >= 0.3 is 0 Å². The number of hydrogen-bond donors (Lipinski definition) is 1. The highest BCUT2D eigenvalue weighted by atomic mass is 35.5. The zero-order chi connectivity index (χ0) is 14.8. The maximum Gasteiger partial charge on any atom is 0.272 e. The number of nitro benzene ring substituents is 1. The minimum absolute atomic E-state index is 0.0616. The van der Waals surface area contributed by atoms with Gasteiger partial charge in [-0.3, -0.25) is 10.1 Å². The van der Waals surface area contributed by atoms with Gasteiger partial charge in [0.1, 0.15) is 12.2 Å². The van der Waals surface area contributed by atoms with Gasteiger partial charge in [0, 0.05) is 22.8 Å². The zero-order valence-electron chi connectivity index (χ0n) is 10.7. The molecule has 21 heavy (non-hydrogen) atoms. The first-order valence-electron chi connectivity index (χ1n) is 6.10. The summed E-state index contributed by atoms with van der Waals surface area (Å²) >= 11 is 5.87. The predicted octanol–water partition coefficient (Wildman–Crippen LogP) is 3.06. The first kappa shape index (κ1) is 13.3. The van der Waals surface area contributed by atoms with Crippen molar-refractivity contribution in [2.75, 3.05) is 5.32 Å². The van der Waals surface area contributed by atoms with Crippen molar-refractivity contribution in [3.63, 3.8) is 0 Å². The number of anilines is 1. The second-order valence-electron chi connectivity index (χ2n) is 4.37. The molecule has 0 aliphatic carbocycles. The fourth-order valence-electron chi connectivity index (χ4n) is 1.98. The Labute approximate surface area is 124 Å². The van der Waals surface area contributed by atoms with Crippen molar-refractivity contribution < 1.29 is 4.92 Å². The quantitative estimate of drug-likeness (QED) is 0.591. The lowest BCUT2D eigenvalue weighted by molar-refractivity contribution is -0.384. The lowest BCUT2D eigenvalue weighted by Crippen LogP contribution is -2.09. The molecule has 106 valence electrons. The Hall–Kier alpha value is -2.67. The lowest BCUT2D eigenvalue weighted by atomic mass is 10.3. The van der Waals surface area contributed by atoms with Crippen LogP contribution >= 0.6 is 11.6 Å². The summed E-state index contributed by atoms with van der Waals surface area (Å²) in [5, 5.41) is 22.2. The van der Waals surface area contributed by atoms with E-state index in [1.54, 1.807) is 10.7 Å². The Balaban J connectivity index is 1.83. The van der Waals surface area contributed by atoms with Crippen molar-refractivity contribution in [3.05, 3.63) is 57.6 Å². The largest absolute Gasteiger partial charge is 0.366 e. The lowest BCUT2D eigenvalue weighted by Gasteiger charge is -2.07. The molecule has 1 heterocycles. The second kappa shape index (κ2) is 5.37. The minimum atomic E-state index is -0.484. The van der Waals surface area contributed by atoms with Crippen molar-refractivity contribution in [1.82, 2.24) is 15.0 Å². The zero-order valence-corrected chi connectivity index (χ0v) is 11.5.